The van der Waals surface area contributed by atoms with Crippen LogP contribution >= 0.6 is 15.9 Å². The van der Waals surface area contributed by atoms with Gasteiger partial charge in [-0.05, 0) is 40.9 Å². The van der Waals surface area contributed by atoms with Gasteiger partial charge >= 0.3 is 0 Å². The molecule has 4 nitrogen and oxygen atoms in total. The predicted octanol–water partition coefficient (Wildman–Crippen LogP) is 3.84. The molecule has 0 aliphatic carbocycles. The lowest BCUT2D eigenvalue weighted by Crippen LogP contribution is -2.14. The molecule has 0 fully saturated rings. The number of nitrogens with zero attached hydrogens (tertiary/aromatic N) is 2. The predicted molar refractivity (Wildman–Crippen MR) is 78.9 cm³/mol. The van der Waals surface area contributed by atoms with Crippen LogP contribution in [0.4, 0.5) is 0 Å². The minimum atomic E-state index is -0.0989. The van der Waals surface area contributed by atoms with E-state index in [4.69, 9.17) is 10.2 Å². The molecule has 0 aliphatic heterocycles. The van der Waals surface area contributed by atoms with Crippen molar-refractivity contribution in [3.63, 3.8) is 0 Å². The summed E-state index contributed by atoms with van der Waals surface area (Å²) >= 11 is 3.36. The summed E-state index contributed by atoms with van der Waals surface area (Å²) in [7, 11) is 0. The van der Waals surface area contributed by atoms with E-state index in [2.05, 4.69) is 34.9 Å². The van der Waals surface area contributed by atoms with Gasteiger partial charge in [0, 0.05) is 24.2 Å². The molecule has 2 heterocycles. The highest BCUT2D eigenvalue weighted by molar-refractivity contribution is 9.10. The maximum Gasteiger partial charge on any atom is 0.173 e. The Balaban J connectivity index is 2.06. The monoisotopic (exact) mass is 325 g/mol. The molecule has 0 aromatic carbocycles. The molecule has 0 spiro atoms. The van der Waals surface area contributed by atoms with Crippen LogP contribution in [0, 0.1) is 0 Å². The first kappa shape index (κ1) is 14.3. The van der Waals surface area contributed by atoms with E-state index in [1.807, 2.05) is 23.0 Å². The fourth-order valence-corrected chi connectivity index (χ4v) is 2.79. The standard InChI is InChI=1S/C14H20BrN3O/c1-3-11(4-2)18-7-5-10(17-18)9-13(16)12-6-8-19-14(12)15/h5-8,11,13H,3-4,9,16H2,1-2H3. The highest BCUT2D eigenvalue weighted by atomic mass is 79.9. The number of rotatable bonds is 6. The summed E-state index contributed by atoms with van der Waals surface area (Å²) in [6.45, 7) is 4.37. The van der Waals surface area contributed by atoms with Crippen LogP contribution in [0.1, 0.15) is 50.0 Å². The molecule has 2 aromatic rings. The van der Waals surface area contributed by atoms with Gasteiger partial charge in [0.1, 0.15) is 0 Å². The normalized spacial score (nSPS) is 13.1. The molecular weight excluding hydrogens is 306 g/mol. The number of nitrogens with two attached hydrogens (primary N) is 1. The Labute approximate surface area is 122 Å². The molecule has 5 heteroatoms. The van der Waals surface area contributed by atoms with E-state index >= 15 is 0 Å². The molecule has 104 valence electrons. The van der Waals surface area contributed by atoms with E-state index in [-0.39, 0.29) is 6.04 Å². The van der Waals surface area contributed by atoms with Crippen molar-refractivity contribution in [2.24, 2.45) is 5.73 Å². The van der Waals surface area contributed by atoms with Gasteiger partial charge in [-0.1, -0.05) is 13.8 Å². The van der Waals surface area contributed by atoms with Crippen molar-refractivity contribution < 1.29 is 4.42 Å². The molecule has 2 rings (SSSR count). The van der Waals surface area contributed by atoms with E-state index < -0.39 is 0 Å². The summed E-state index contributed by atoms with van der Waals surface area (Å²) < 4.78 is 7.97. The Morgan fingerprint density at radius 2 is 2.11 bits per heavy atom. The van der Waals surface area contributed by atoms with Crippen molar-refractivity contribution in [3.05, 3.63) is 40.5 Å². The molecule has 0 aliphatic rings. The summed E-state index contributed by atoms with van der Waals surface area (Å²) in [6, 6.07) is 4.32. The summed E-state index contributed by atoms with van der Waals surface area (Å²) in [4.78, 5) is 0. The largest absolute Gasteiger partial charge is 0.457 e. The summed E-state index contributed by atoms with van der Waals surface area (Å²) in [5, 5.41) is 4.62. The van der Waals surface area contributed by atoms with Crippen molar-refractivity contribution in [1.29, 1.82) is 0 Å². The second-order valence-electron chi connectivity index (χ2n) is 4.72. The van der Waals surface area contributed by atoms with Crippen LogP contribution in [0.3, 0.4) is 0 Å². The Morgan fingerprint density at radius 3 is 2.68 bits per heavy atom. The van der Waals surface area contributed by atoms with E-state index in [1.165, 1.54) is 0 Å². The zero-order chi connectivity index (χ0) is 13.8. The number of hydrogen-bond acceptors (Lipinski definition) is 3. The van der Waals surface area contributed by atoms with Crippen molar-refractivity contribution in [1.82, 2.24) is 9.78 Å². The van der Waals surface area contributed by atoms with Crippen molar-refractivity contribution in [2.45, 2.75) is 45.2 Å². The fraction of sp³-hybridized carbons (Fsp3) is 0.500. The first-order valence-electron chi connectivity index (χ1n) is 6.68. The van der Waals surface area contributed by atoms with Gasteiger partial charge in [-0.3, -0.25) is 4.68 Å². The number of aromatic nitrogens is 2. The zero-order valence-electron chi connectivity index (χ0n) is 11.3. The molecule has 2 aromatic heterocycles. The minimum absolute atomic E-state index is 0.0989. The molecule has 0 saturated carbocycles. The van der Waals surface area contributed by atoms with Crippen LogP contribution < -0.4 is 5.73 Å². The minimum Gasteiger partial charge on any atom is -0.457 e. The highest BCUT2D eigenvalue weighted by Crippen LogP contribution is 2.25. The third-order valence-electron chi connectivity index (χ3n) is 3.45. The summed E-state index contributed by atoms with van der Waals surface area (Å²) in [6.07, 6.45) is 6.59. The van der Waals surface area contributed by atoms with Crippen molar-refractivity contribution in [3.8, 4) is 0 Å². The number of halogens is 1. The lowest BCUT2D eigenvalue weighted by Gasteiger charge is -2.13. The van der Waals surface area contributed by atoms with Gasteiger partial charge in [-0.2, -0.15) is 5.10 Å². The van der Waals surface area contributed by atoms with Crippen LogP contribution in [0.5, 0.6) is 0 Å². The molecule has 0 amide bonds. The second-order valence-corrected chi connectivity index (χ2v) is 5.44. The maximum atomic E-state index is 6.18. The Bertz CT molecular complexity index is 516. The molecule has 1 unspecified atom stereocenters. The molecule has 0 saturated heterocycles. The SMILES string of the molecule is CCC(CC)n1ccc(CC(N)c2ccoc2Br)n1. The smallest absolute Gasteiger partial charge is 0.173 e. The third kappa shape index (κ3) is 3.28. The summed E-state index contributed by atoms with van der Waals surface area (Å²) in [5.74, 6) is 0. The van der Waals surface area contributed by atoms with E-state index in [9.17, 15) is 0 Å². The Hall–Kier alpha value is -1.07. The van der Waals surface area contributed by atoms with Crippen LogP contribution in [0.25, 0.3) is 0 Å². The number of hydrogen-bond donors (Lipinski definition) is 1. The van der Waals surface area contributed by atoms with Gasteiger partial charge in [0.15, 0.2) is 4.67 Å². The molecular formula is C14H20BrN3O. The average Bonchev–Trinajstić information content (AvgIpc) is 3.00. The average molecular weight is 326 g/mol. The fourth-order valence-electron chi connectivity index (χ4n) is 2.26. The van der Waals surface area contributed by atoms with Gasteiger partial charge in [0.25, 0.3) is 0 Å². The topological polar surface area (TPSA) is 57.0 Å². The van der Waals surface area contributed by atoms with Crippen molar-refractivity contribution in [2.75, 3.05) is 0 Å². The number of furan rings is 1. The van der Waals surface area contributed by atoms with Crippen LogP contribution in [-0.2, 0) is 6.42 Å². The van der Waals surface area contributed by atoms with Gasteiger partial charge in [-0.15, -0.1) is 0 Å². The van der Waals surface area contributed by atoms with Gasteiger partial charge in [0.2, 0.25) is 0 Å². The molecule has 19 heavy (non-hydrogen) atoms. The first-order valence-corrected chi connectivity index (χ1v) is 7.47. The van der Waals surface area contributed by atoms with E-state index in [0.717, 1.165) is 24.1 Å². The highest BCUT2D eigenvalue weighted by Gasteiger charge is 2.15. The molecule has 0 bridgehead atoms. The van der Waals surface area contributed by atoms with Gasteiger partial charge < -0.3 is 10.2 Å². The van der Waals surface area contributed by atoms with Crippen molar-refractivity contribution >= 4 is 15.9 Å². The van der Waals surface area contributed by atoms with E-state index in [0.29, 0.717) is 17.1 Å². The van der Waals surface area contributed by atoms with E-state index in [1.54, 1.807) is 6.26 Å². The quantitative estimate of drug-likeness (QED) is 0.877. The molecule has 1 atom stereocenters. The zero-order valence-corrected chi connectivity index (χ0v) is 12.9. The van der Waals surface area contributed by atoms with Crippen LogP contribution in [0.15, 0.2) is 33.7 Å². The summed E-state index contributed by atoms with van der Waals surface area (Å²) in [5.41, 5.74) is 8.19. The van der Waals surface area contributed by atoms with Gasteiger partial charge in [-0.25, -0.2) is 0 Å². The first-order chi connectivity index (χ1) is 9.15. The second kappa shape index (κ2) is 6.39. The Morgan fingerprint density at radius 1 is 1.37 bits per heavy atom. The lowest BCUT2D eigenvalue weighted by atomic mass is 10.1. The molecule has 2 N–H and O–H groups in total. The Kier molecular flexibility index (Phi) is 4.82. The lowest BCUT2D eigenvalue weighted by molar-refractivity contribution is 0.424. The third-order valence-corrected chi connectivity index (χ3v) is 4.10. The van der Waals surface area contributed by atoms with Gasteiger partial charge in [0.05, 0.1) is 18.0 Å². The maximum absolute atomic E-state index is 6.18. The van der Waals surface area contributed by atoms with Crippen LogP contribution in [-0.4, -0.2) is 9.78 Å². The molecule has 0 radical (unpaired) electrons. The van der Waals surface area contributed by atoms with Crippen LogP contribution in [0.2, 0.25) is 0 Å².